The second-order valence-electron chi connectivity index (χ2n) is 6.60. The molecule has 0 spiro atoms. The molecule has 30 heavy (non-hydrogen) atoms. The molecule has 5 rings (SSSR count). The molecule has 146 valence electrons. The molecule has 0 saturated carbocycles. The number of aromatic nitrogens is 2. The standard InChI is InChI=1S/C15H12N2O.C10H8N2/c16-15(18)17-13-7-3-1-5-11(13)9-10-12-6-2-4-8-14(12)17;1-5-11-6-2-9(1)10-3-7-12-8-4-10/h1-10H,(H2,16,18);1-8H. The Bertz CT molecular complexity index is 1090. The molecule has 3 heterocycles. The maximum absolute atomic E-state index is 11.8. The molecule has 1 aliphatic heterocycles. The molecular weight excluding hydrogens is 372 g/mol. The van der Waals surface area contributed by atoms with Crippen LogP contribution in [0.4, 0.5) is 16.2 Å². The molecule has 1 aliphatic rings. The number of rotatable bonds is 1. The molecular formula is C25H20N4O. The summed E-state index contributed by atoms with van der Waals surface area (Å²) in [6.07, 6.45) is 11.1. The second kappa shape index (κ2) is 8.84. The van der Waals surface area contributed by atoms with Crippen LogP contribution >= 0.6 is 0 Å². The van der Waals surface area contributed by atoms with Gasteiger partial charge in [-0.25, -0.2) is 4.79 Å². The summed E-state index contributed by atoms with van der Waals surface area (Å²) < 4.78 is 0. The third kappa shape index (κ3) is 4.10. The number of nitrogens with two attached hydrogens (primary N) is 1. The highest BCUT2D eigenvalue weighted by atomic mass is 16.2. The zero-order chi connectivity index (χ0) is 20.8. The van der Waals surface area contributed by atoms with E-state index in [1.165, 1.54) is 11.1 Å². The molecule has 0 unspecified atom stereocenters. The topological polar surface area (TPSA) is 72.1 Å². The van der Waals surface area contributed by atoms with Crippen molar-refractivity contribution >= 4 is 29.6 Å². The van der Waals surface area contributed by atoms with Crippen molar-refractivity contribution in [2.75, 3.05) is 4.90 Å². The number of nitrogens with zero attached hydrogens (tertiary/aromatic N) is 3. The Balaban J connectivity index is 0.000000158. The van der Waals surface area contributed by atoms with Crippen LogP contribution in [0, 0.1) is 0 Å². The average molecular weight is 392 g/mol. The molecule has 2 amide bonds. The lowest BCUT2D eigenvalue weighted by molar-refractivity contribution is 0.256. The number of carbonyl (C=O) groups excluding carboxylic acids is 1. The first-order valence-electron chi connectivity index (χ1n) is 9.50. The lowest BCUT2D eigenvalue weighted by Crippen LogP contribution is -2.32. The summed E-state index contributed by atoms with van der Waals surface area (Å²) in [4.78, 5) is 21.2. The van der Waals surface area contributed by atoms with Gasteiger partial charge in [0.05, 0.1) is 11.4 Å². The lowest BCUT2D eigenvalue weighted by Gasteiger charge is -2.22. The number of hydrogen-bond acceptors (Lipinski definition) is 3. The first-order valence-corrected chi connectivity index (χ1v) is 9.50. The maximum Gasteiger partial charge on any atom is 0.323 e. The Kier molecular flexibility index (Phi) is 5.62. The van der Waals surface area contributed by atoms with E-state index >= 15 is 0 Å². The molecule has 0 bridgehead atoms. The van der Waals surface area contributed by atoms with Gasteiger partial charge in [0, 0.05) is 24.8 Å². The Morgan fingerprint density at radius 3 is 1.43 bits per heavy atom. The van der Waals surface area contributed by atoms with Gasteiger partial charge in [0.1, 0.15) is 0 Å². The zero-order valence-corrected chi connectivity index (χ0v) is 16.2. The predicted octanol–water partition coefficient (Wildman–Crippen LogP) is 5.53. The van der Waals surface area contributed by atoms with Crippen LogP contribution in [0.3, 0.4) is 0 Å². The molecule has 2 N–H and O–H groups in total. The molecule has 5 heteroatoms. The summed E-state index contributed by atoms with van der Waals surface area (Å²) in [6, 6.07) is 22.9. The average Bonchev–Trinajstić information content (AvgIpc) is 2.98. The smallest absolute Gasteiger partial charge is 0.323 e. The molecule has 0 radical (unpaired) electrons. The fourth-order valence-electron chi connectivity index (χ4n) is 3.30. The summed E-state index contributed by atoms with van der Waals surface area (Å²) in [6.45, 7) is 0. The Labute approximate surface area is 175 Å². The van der Waals surface area contributed by atoms with E-state index in [4.69, 9.17) is 5.73 Å². The van der Waals surface area contributed by atoms with Gasteiger partial charge in [-0.1, -0.05) is 48.6 Å². The first kappa shape index (κ1) is 19.1. The SMILES string of the molecule is NC(=O)N1c2ccccc2C=Cc2ccccc21.c1cc(-c2ccncc2)ccn1. The zero-order valence-electron chi connectivity index (χ0n) is 16.2. The van der Waals surface area contributed by atoms with Gasteiger partial charge in [-0.15, -0.1) is 0 Å². The van der Waals surface area contributed by atoms with E-state index in [0.29, 0.717) is 0 Å². The van der Waals surface area contributed by atoms with Crippen LogP contribution in [0.15, 0.2) is 97.6 Å². The Morgan fingerprint density at radius 1 is 0.633 bits per heavy atom. The third-order valence-electron chi connectivity index (χ3n) is 4.71. The van der Waals surface area contributed by atoms with Gasteiger partial charge in [-0.3, -0.25) is 14.9 Å². The highest BCUT2D eigenvalue weighted by Gasteiger charge is 2.21. The number of benzene rings is 2. The van der Waals surface area contributed by atoms with Crippen LogP contribution < -0.4 is 10.6 Å². The molecule has 0 saturated heterocycles. The number of hydrogen-bond donors (Lipinski definition) is 1. The van der Waals surface area contributed by atoms with E-state index in [0.717, 1.165) is 22.5 Å². The second-order valence-corrected chi connectivity index (χ2v) is 6.60. The summed E-state index contributed by atoms with van der Waals surface area (Å²) >= 11 is 0. The fraction of sp³-hybridized carbons (Fsp3) is 0. The number of pyridine rings is 2. The van der Waals surface area contributed by atoms with Crippen molar-refractivity contribution in [1.29, 1.82) is 0 Å². The largest absolute Gasteiger partial charge is 0.351 e. The number of para-hydroxylation sites is 2. The van der Waals surface area contributed by atoms with Crippen molar-refractivity contribution in [3.63, 3.8) is 0 Å². The highest BCUT2D eigenvalue weighted by Crippen LogP contribution is 2.35. The lowest BCUT2D eigenvalue weighted by atomic mass is 10.1. The van der Waals surface area contributed by atoms with Crippen molar-refractivity contribution in [2.45, 2.75) is 0 Å². The highest BCUT2D eigenvalue weighted by molar-refractivity contribution is 6.04. The van der Waals surface area contributed by atoms with E-state index in [1.807, 2.05) is 84.9 Å². The van der Waals surface area contributed by atoms with E-state index in [1.54, 1.807) is 29.7 Å². The molecule has 0 aliphatic carbocycles. The van der Waals surface area contributed by atoms with Gasteiger partial charge in [0.15, 0.2) is 0 Å². The number of anilines is 2. The number of urea groups is 1. The summed E-state index contributed by atoms with van der Waals surface area (Å²) in [5.74, 6) is 0. The predicted molar refractivity (Wildman–Crippen MR) is 121 cm³/mol. The van der Waals surface area contributed by atoms with Crippen LogP contribution in [-0.2, 0) is 0 Å². The molecule has 4 aromatic rings. The van der Waals surface area contributed by atoms with E-state index in [2.05, 4.69) is 9.97 Å². The molecule has 0 atom stereocenters. The van der Waals surface area contributed by atoms with Gasteiger partial charge in [-0.05, 0) is 58.7 Å². The van der Waals surface area contributed by atoms with Crippen LogP contribution in [0.1, 0.15) is 11.1 Å². The monoisotopic (exact) mass is 392 g/mol. The van der Waals surface area contributed by atoms with Gasteiger partial charge in [0.25, 0.3) is 0 Å². The van der Waals surface area contributed by atoms with Gasteiger partial charge in [0.2, 0.25) is 0 Å². The third-order valence-corrected chi connectivity index (χ3v) is 4.71. The maximum atomic E-state index is 11.8. The van der Waals surface area contributed by atoms with Crippen molar-refractivity contribution in [3.05, 3.63) is 109 Å². The normalized spacial score (nSPS) is 11.4. The summed E-state index contributed by atoms with van der Waals surface area (Å²) in [7, 11) is 0. The fourth-order valence-corrected chi connectivity index (χ4v) is 3.30. The minimum atomic E-state index is -0.474. The number of carbonyl (C=O) groups is 1. The van der Waals surface area contributed by atoms with Crippen LogP contribution in [0.5, 0.6) is 0 Å². The van der Waals surface area contributed by atoms with E-state index < -0.39 is 6.03 Å². The minimum absolute atomic E-state index is 0.474. The van der Waals surface area contributed by atoms with Crippen molar-refractivity contribution < 1.29 is 4.79 Å². The van der Waals surface area contributed by atoms with Crippen molar-refractivity contribution in [2.24, 2.45) is 5.73 Å². The van der Waals surface area contributed by atoms with Crippen LogP contribution in [0.25, 0.3) is 23.3 Å². The van der Waals surface area contributed by atoms with Crippen LogP contribution in [0.2, 0.25) is 0 Å². The van der Waals surface area contributed by atoms with Crippen molar-refractivity contribution in [1.82, 2.24) is 9.97 Å². The van der Waals surface area contributed by atoms with Crippen molar-refractivity contribution in [3.8, 4) is 11.1 Å². The molecule has 0 fully saturated rings. The summed E-state index contributed by atoms with van der Waals surface area (Å²) in [5, 5.41) is 0. The Hall–Kier alpha value is -4.25. The first-order chi connectivity index (χ1) is 14.7. The Morgan fingerprint density at radius 2 is 1.03 bits per heavy atom. The molecule has 5 nitrogen and oxygen atoms in total. The van der Waals surface area contributed by atoms with Gasteiger partial charge in [-0.2, -0.15) is 0 Å². The number of fused-ring (bicyclic) bond motifs is 2. The molecule has 2 aromatic carbocycles. The molecule has 2 aromatic heterocycles. The van der Waals surface area contributed by atoms with Gasteiger partial charge >= 0.3 is 6.03 Å². The van der Waals surface area contributed by atoms with Gasteiger partial charge < -0.3 is 5.73 Å². The van der Waals surface area contributed by atoms with E-state index in [9.17, 15) is 4.79 Å². The minimum Gasteiger partial charge on any atom is -0.351 e. The number of primary amides is 1. The summed E-state index contributed by atoms with van der Waals surface area (Å²) in [5.41, 5.74) is 11.5. The number of amides is 2. The van der Waals surface area contributed by atoms with E-state index in [-0.39, 0.29) is 0 Å². The van der Waals surface area contributed by atoms with Crippen LogP contribution in [-0.4, -0.2) is 16.0 Å². The quantitative estimate of drug-likeness (QED) is 0.463.